The Hall–Kier alpha value is -1.16. The van der Waals surface area contributed by atoms with Crippen LogP contribution in [-0.4, -0.2) is 35.4 Å². The molecule has 1 aromatic carbocycles. The van der Waals surface area contributed by atoms with Crippen molar-refractivity contribution in [2.24, 2.45) is 0 Å². The van der Waals surface area contributed by atoms with Gasteiger partial charge >= 0.3 is 0 Å². The predicted molar refractivity (Wildman–Crippen MR) is 56.8 cm³/mol. The van der Waals surface area contributed by atoms with E-state index in [1.165, 1.54) is 4.90 Å². The van der Waals surface area contributed by atoms with Gasteiger partial charge in [0.1, 0.15) is 0 Å². The molecule has 0 aliphatic rings. The van der Waals surface area contributed by atoms with E-state index in [-0.39, 0.29) is 5.91 Å². The Labute approximate surface area is 86.2 Å². The molecule has 76 valence electrons. The molecule has 0 saturated carbocycles. The highest BCUT2D eigenvalue weighted by Crippen LogP contribution is 2.08. The first kappa shape index (κ1) is 10.9. The second-order valence-electron chi connectivity index (χ2n) is 3.18. The van der Waals surface area contributed by atoms with Crippen LogP contribution in [0.15, 0.2) is 29.2 Å². The second-order valence-corrected chi connectivity index (χ2v) is 4.56. The van der Waals surface area contributed by atoms with Gasteiger partial charge in [-0.2, -0.15) is 0 Å². The molecule has 14 heavy (non-hydrogen) atoms. The average molecular weight is 211 g/mol. The van der Waals surface area contributed by atoms with Crippen LogP contribution in [0, 0.1) is 0 Å². The first-order valence-corrected chi connectivity index (χ1v) is 5.73. The highest BCUT2D eigenvalue weighted by Gasteiger charge is 2.07. The summed E-state index contributed by atoms with van der Waals surface area (Å²) >= 11 is 0. The van der Waals surface area contributed by atoms with Gasteiger partial charge < -0.3 is 4.90 Å². The van der Waals surface area contributed by atoms with Crippen molar-refractivity contribution in [1.29, 1.82) is 0 Å². The topological polar surface area (TPSA) is 37.4 Å². The van der Waals surface area contributed by atoms with Gasteiger partial charge in [-0.3, -0.25) is 9.00 Å². The van der Waals surface area contributed by atoms with Crippen LogP contribution in [-0.2, 0) is 10.8 Å². The Bertz CT molecular complexity index is 357. The van der Waals surface area contributed by atoms with E-state index in [4.69, 9.17) is 0 Å². The molecule has 1 atom stereocenters. The van der Waals surface area contributed by atoms with Crippen molar-refractivity contribution in [3.8, 4) is 0 Å². The molecule has 1 rings (SSSR count). The normalized spacial score (nSPS) is 12.2. The van der Waals surface area contributed by atoms with Crippen molar-refractivity contribution in [3.63, 3.8) is 0 Å². The third-order valence-corrected chi connectivity index (χ3v) is 2.78. The first-order chi connectivity index (χ1) is 6.52. The van der Waals surface area contributed by atoms with Crippen molar-refractivity contribution in [2.75, 3.05) is 20.4 Å². The number of carbonyl (C=O) groups excluding carboxylic acids is 1. The van der Waals surface area contributed by atoms with Crippen LogP contribution < -0.4 is 0 Å². The molecule has 0 spiro atoms. The summed E-state index contributed by atoms with van der Waals surface area (Å²) in [6.45, 7) is 0. The van der Waals surface area contributed by atoms with Gasteiger partial charge in [0, 0.05) is 41.6 Å². The van der Waals surface area contributed by atoms with Gasteiger partial charge in [-0.15, -0.1) is 0 Å². The lowest BCUT2D eigenvalue weighted by atomic mass is 10.2. The fourth-order valence-corrected chi connectivity index (χ4v) is 1.57. The number of nitrogens with zero attached hydrogens (tertiary/aromatic N) is 1. The van der Waals surface area contributed by atoms with Crippen molar-refractivity contribution in [2.45, 2.75) is 4.90 Å². The lowest BCUT2D eigenvalue weighted by Crippen LogP contribution is -2.21. The van der Waals surface area contributed by atoms with Crippen LogP contribution in [0.25, 0.3) is 0 Å². The Morgan fingerprint density at radius 1 is 1.21 bits per heavy atom. The number of hydrogen-bond acceptors (Lipinski definition) is 2. The fraction of sp³-hybridized carbons (Fsp3) is 0.300. The molecular formula is C10H13NO2S. The summed E-state index contributed by atoms with van der Waals surface area (Å²) in [6, 6.07) is 6.82. The number of carbonyl (C=O) groups is 1. The summed E-state index contributed by atoms with van der Waals surface area (Å²) in [4.78, 5) is 13.7. The molecule has 4 heteroatoms. The number of amides is 1. The maximum atomic E-state index is 11.5. The number of rotatable bonds is 2. The highest BCUT2D eigenvalue weighted by molar-refractivity contribution is 7.84. The van der Waals surface area contributed by atoms with Crippen molar-refractivity contribution < 1.29 is 9.00 Å². The molecule has 1 aromatic rings. The lowest BCUT2D eigenvalue weighted by Gasteiger charge is -2.09. The van der Waals surface area contributed by atoms with E-state index in [1.54, 1.807) is 44.6 Å². The van der Waals surface area contributed by atoms with Crippen LogP contribution in [0.5, 0.6) is 0 Å². The molecule has 0 saturated heterocycles. The third-order valence-electron chi connectivity index (χ3n) is 1.84. The van der Waals surface area contributed by atoms with Crippen LogP contribution in [0.3, 0.4) is 0 Å². The number of hydrogen-bond donors (Lipinski definition) is 0. The van der Waals surface area contributed by atoms with Crippen LogP contribution >= 0.6 is 0 Å². The first-order valence-electron chi connectivity index (χ1n) is 4.17. The zero-order valence-corrected chi connectivity index (χ0v) is 9.30. The SMILES string of the molecule is CN(C)C(=O)c1ccc(S(C)=O)cc1. The van der Waals surface area contributed by atoms with E-state index in [0.29, 0.717) is 5.56 Å². The largest absolute Gasteiger partial charge is 0.345 e. The minimum absolute atomic E-state index is 0.0431. The van der Waals surface area contributed by atoms with E-state index in [0.717, 1.165) is 4.90 Å². The van der Waals surface area contributed by atoms with Crippen LogP contribution in [0.2, 0.25) is 0 Å². The molecule has 1 amide bonds. The van der Waals surface area contributed by atoms with Gasteiger partial charge in [-0.05, 0) is 24.3 Å². The van der Waals surface area contributed by atoms with Crippen LogP contribution in [0.1, 0.15) is 10.4 Å². The zero-order valence-electron chi connectivity index (χ0n) is 8.48. The minimum Gasteiger partial charge on any atom is -0.345 e. The third kappa shape index (κ3) is 2.42. The van der Waals surface area contributed by atoms with Crippen LogP contribution in [0.4, 0.5) is 0 Å². The van der Waals surface area contributed by atoms with E-state index >= 15 is 0 Å². The van der Waals surface area contributed by atoms with Gasteiger partial charge in [0.15, 0.2) is 0 Å². The zero-order chi connectivity index (χ0) is 10.7. The van der Waals surface area contributed by atoms with Crippen molar-refractivity contribution in [3.05, 3.63) is 29.8 Å². The molecule has 0 N–H and O–H groups in total. The Kier molecular flexibility index (Phi) is 3.41. The predicted octanol–water partition coefficient (Wildman–Crippen LogP) is 1.13. The molecular weight excluding hydrogens is 198 g/mol. The molecule has 0 heterocycles. The molecule has 0 bridgehead atoms. The quantitative estimate of drug-likeness (QED) is 0.735. The van der Waals surface area contributed by atoms with Gasteiger partial charge in [0.2, 0.25) is 0 Å². The fourth-order valence-electron chi connectivity index (χ4n) is 1.05. The molecule has 0 aliphatic heterocycles. The van der Waals surface area contributed by atoms with Gasteiger partial charge in [-0.1, -0.05) is 0 Å². The summed E-state index contributed by atoms with van der Waals surface area (Å²) in [6.07, 6.45) is 1.61. The molecule has 3 nitrogen and oxygen atoms in total. The molecule has 0 aromatic heterocycles. The van der Waals surface area contributed by atoms with E-state index in [9.17, 15) is 9.00 Å². The molecule has 0 radical (unpaired) electrons. The summed E-state index contributed by atoms with van der Waals surface area (Å²) < 4.78 is 11.1. The van der Waals surface area contributed by atoms with Gasteiger partial charge in [0.25, 0.3) is 5.91 Å². The Morgan fingerprint density at radius 3 is 2.07 bits per heavy atom. The second kappa shape index (κ2) is 4.37. The lowest BCUT2D eigenvalue weighted by molar-refractivity contribution is 0.0827. The average Bonchev–Trinajstić information content (AvgIpc) is 2.16. The summed E-state index contributed by atoms with van der Waals surface area (Å²) in [5.74, 6) is -0.0431. The Balaban J connectivity index is 2.94. The highest BCUT2D eigenvalue weighted by atomic mass is 32.2. The van der Waals surface area contributed by atoms with E-state index < -0.39 is 10.8 Å². The van der Waals surface area contributed by atoms with Gasteiger partial charge in [0.05, 0.1) is 0 Å². The molecule has 0 fully saturated rings. The maximum absolute atomic E-state index is 11.5. The summed E-state index contributed by atoms with van der Waals surface area (Å²) in [5, 5.41) is 0. The monoisotopic (exact) mass is 211 g/mol. The van der Waals surface area contributed by atoms with E-state index in [1.807, 2.05) is 0 Å². The van der Waals surface area contributed by atoms with Crippen molar-refractivity contribution in [1.82, 2.24) is 4.90 Å². The van der Waals surface area contributed by atoms with Gasteiger partial charge in [-0.25, -0.2) is 0 Å². The van der Waals surface area contributed by atoms with E-state index in [2.05, 4.69) is 0 Å². The summed E-state index contributed by atoms with van der Waals surface area (Å²) in [5.41, 5.74) is 0.615. The van der Waals surface area contributed by atoms with Crippen molar-refractivity contribution >= 4 is 16.7 Å². The Morgan fingerprint density at radius 2 is 1.71 bits per heavy atom. The molecule has 1 unspecified atom stereocenters. The smallest absolute Gasteiger partial charge is 0.253 e. The molecule has 0 aliphatic carbocycles. The standard InChI is InChI=1S/C10H13NO2S/c1-11(2)10(12)8-4-6-9(7-5-8)14(3)13/h4-7H,1-3H3. The maximum Gasteiger partial charge on any atom is 0.253 e. The number of benzene rings is 1. The minimum atomic E-state index is -0.986. The summed E-state index contributed by atoms with van der Waals surface area (Å²) in [7, 11) is 2.42.